The average molecular weight is 295 g/mol. The molecule has 1 aromatic rings. The van der Waals surface area contributed by atoms with Crippen LogP contribution in [0.3, 0.4) is 0 Å². The number of rotatable bonds is 8. The lowest BCUT2D eigenvalue weighted by Crippen LogP contribution is -2.29. The highest BCUT2D eigenvalue weighted by molar-refractivity contribution is 5.68. The van der Waals surface area contributed by atoms with Crippen molar-refractivity contribution in [3.8, 4) is 5.88 Å². The molecule has 0 saturated heterocycles. The van der Waals surface area contributed by atoms with Crippen molar-refractivity contribution >= 4 is 11.9 Å². The van der Waals surface area contributed by atoms with E-state index in [0.29, 0.717) is 24.9 Å². The maximum absolute atomic E-state index is 11.0. The number of hydrogen-bond acceptors (Lipinski definition) is 5. The first-order valence-corrected chi connectivity index (χ1v) is 7.24. The first-order chi connectivity index (χ1) is 9.80. The van der Waals surface area contributed by atoms with Crippen molar-refractivity contribution in [2.24, 2.45) is 5.41 Å². The zero-order chi connectivity index (χ0) is 15.9. The van der Waals surface area contributed by atoms with Gasteiger partial charge in [0.15, 0.2) is 0 Å². The molecule has 6 heteroatoms. The Labute approximate surface area is 126 Å². The Morgan fingerprint density at radius 2 is 2.19 bits per heavy atom. The highest BCUT2D eigenvalue weighted by Crippen LogP contribution is 2.24. The lowest BCUT2D eigenvalue weighted by atomic mass is 9.87. The van der Waals surface area contributed by atoms with Gasteiger partial charge in [-0.05, 0) is 18.3 Å². The maximum atomic E-state index is 11.0. The average Bonchev–Trinajstić information content (AvgIpc) is 2.34. The van der Waals surface area contributed by atoms with Crippen LogP contribution in [0.1, 0.15) is 47.0 Å². The molecule has 0 spiro atoms. The molecule has 0 amide bonds. The molecule has 0 saturated carbocycles. The summed E-state index contributed by atoms with van der Waals surface area (Å²) in [7, 11) is 0. The summed E-state index contributed by atoms with van der Waals surface area (Å²) in [5, 5.41) is 12.1. The minimum Gasteiger partial charge on any atom is -0.481 e. The minimum absolute atomic E-state index is 0.0173. The summed E-state index contributed by atoms with van der Waals surface area (Å²) in [5.41, 5.74) is 0.0173. The Morgan fingerprint density at radius 1 is 1.48 bits per heavy atom. The van der Waals surface area contributed by atoms with Crippen LogP contribution in [-0.2, 0) is 4.79 Å². The van der Waals surface area contributed by atoms with Crippen molar-refractivity contribution in [3.05, 3.63) is 12.3 Å². The molecule has 1 rings (SSSR count). The van der Waals surface area contributed by atoms with Crippen LogP contribution < -0.4 is 10.1 Å². The van der Waals surface area contributed by atoms with E-state index in [4.69, 9.17) is 9.84 Å². The normalized spacial score (nSPS) is 12.8. The van der Waals surface area contributed by atoms with Gasteiger partial charge in [-0.3, -0.25) is 4.79 Å². The molecule has 0 aliphatic rings. The topological polar surface area (TPSA) is 84.3 Å². The summed E-state index contributed by atoms with van der Waals surface area (Å²) in [6, 6.07) is 1.47. The minimum atomic E-state index is -0.838. The van der Waals surface area contributed by atoms with Gasteiger partial charge >= 0.3 is 5.97 Å². The zero-order valence-corrected chi connectivity index (χ0v) is 13.2. The van der Waals surface area contributed by atoms with E-state index < -0.39 is 5.97 Å². The van der Waals surface area contributed by atoms with Crippen LogP contribution in [0.25, 0.3) is 0 Å². The molecular weight excluding hydrogens is 270 g/mol. The van der Waals surface area contributed by atoms with E-state index in [1.54, 1.807) is 12.3 Å². The quantitative estimate of drug-likeness (QED) is 0.767. The lowest BCUT2D eigenvalue weighted by molar-refractivity contribution is -0.137. The van der Waals surface area contributed by atoms with Crippen LogP contribution in [0.15, 0.2) is 12.3 Å². The van der Waals surface area contributed by atoms with Crippen molar-refractivity contribution in [2.75, 3.05) is 11.9 Å². The molecule has 6 nitrogen and oxygen atoms in total. The fraction of sp³-hybridized carbons (Fsp3) is 0.667. The van der Waals surface area contributed by atoms with Crippen molar-refractivity contribution < 1.29 is 14.6 Å². The largest absolute Gasteiger partial charge is 0.481 e. The highest BCUT2D eigenvalue weighted by atomic mass is 16.5. The molecule has 1 heterocycles. The Kier molecular flexibility index (Phi) is 6.39. The number of aliphatic carboxylic acids is 1. The second kappa shape index (κ2) is 7.81. The van der Waals surface area contributed by atoms with Gasteiger partial charge in [-0.15, -0.1) is 0 Å². The van der Waals surface area contributed by atoms with Crippen molar-refractivity contribution in [2.45, 2.75) is 53.0 Å². The number of carbonyl (C=O) groups is 1. The summed E-state index contributed by atoms with van der Waals surface area (Å²) >= 11 is 0. The third-order valence-corrected chi connectivity index (χ3v) is 2.70. The molecule has 1 unspecified atom stereocenters. The molecule has 0 aliphatic heterocycles. The zero-order valence-electron chi connectivity index (χ0n) is 13.2. The van der Waals surface area contributed by atoms with Gasteiger partial charge in [0.2, 0.25) is 11.8 Å². The van der Waals surface area contributed by atoms with Crippen LogP contribution in [0, 0.1) is 5.41 Å². The van der Waals surface area contributed by atoms with Crippen LogP contribution >= 0.6 is 0 Å². The number of anilines is 1. The summed E-state index contributed by atoms with van der Waals surface area (Å²) in [6.07, 6.45) is 3.25. The van der Waals surface area contributed by atoms with E-state index in [-0.39, 0.29) is 17.9 Å². The Hall–Kier alpha value is -1.85. The SMILES string of the molecule is CCCOc1ccnc(NC(CC(=O)O)CC(C)(C)C)n1. The predicted molar refractivity (Wildman–Crippen MR) is 81.6 cm³/mol. The van der Waals surface area contributed by atoms with Gasteiger partial charge in [-0.1, -0.05) is 27.7 Å². The lowest BCUT2D eigenvalue weighted by Gasteiger charge is -2.25. The summed E-state index contributed by atoms with van der Waals surface area (Å²) in [6.45, 7) is 8.84. The van der Waals surface area contributed by atoms with E-state index >= 15 is 0 Å². The molecule has 0 bridgehead atoms. The van der Waals surface area contributed by atoms with Crippen LogP contribution in [0.4, 0.5) is 5.95 Å². The highest BCUT2D eigenvalue weighted by Gasteiger charge is 2.22. The van der Waals surface area contributed by atoms with Crippen LogP contribution in [0.5, 0.6) is 5.88 Å². The third-order valence-electron chi connectivity index (χ3n) is 2.70. The summed E-state index contributed by atoms with van der Waals surface area (Å²) in [4.78, 5) is 19.4. The van der Waals surface area contributed by atoms with Gasteiger partial charge in [-0.25, -0.2) is 4.98 Å². The van der Waals surface area contributed by atoms with E-state index in [0.717, 1.165) is 6.42 Å². The van der Waals surface area contributed by atoms with Crippen molar-refractivity contribution in [1.29, 1.82) is 0 Å². The van der Waals surface area contributed by atoms with Gasteiger partial charge in [0.05, 0.1) is 13.0 Å². The van der Waals surface area contributed by atoms with Gasteiger partial charge in [-0.2, -0.15) is 4.98 Å². The first-order valence-electron chi connectivity index (χ1n) is 7.24. The van der Waals surface area contributed by atoms with Gasteiger partial charge in [0.1, 0.15) is 0 Å². The van der Waals surface area contributed by atoms with Crippen molar-refractivity contribution in [3.63, 3.8) is 0 Å². The third kappa shape index (κ3) is 7.48. The van der Waals surface area contributed by atoms with Crippen molar-refractivity contribution in [1.82, 2.24) is 9.97 Å². The molecule has 1 atom stereocenters. The van der Waals surface area contributed by atoms with E-state index in [1.165, 1.54) is 0 Å². The van der Waals surface area contributed by atoms with Crippen LogP contribution in [0.2, 0.25) is 0 Å². The standard InChI is InChI=1S/C15H25N3O3/c1-5-8-21-12-6-7-16-14(18-12)17-11(9-13(19)20)10-15(2,3)4/h6-7,11H,5,8-10H2,1-4H3,(H,19,20)(H,16,17,18). The number of carboxylic acid groups (broad SMARTS) is 1. The van der Waals surface area contributed by atoms with E-state index in [1.807, 2.05) is 6.92 Å². The number of carboxylic acids is 1. The Balaban J connectivity index is 2.75. The number of hydrogen-bond donors (Lipinski definition) is 2. The molecular formula is C15H25N3O3. The smallest absolute Gasteiger partial charge is 0.305 e. The molecule has 0 fully saturated rings. The maximum Gasteiger partial charge on any atom is 0.305 e. The fourth-order valence-corrected chi connectivity index (χ4v) is 2.01. The number of nitrogens with zero attached hydrogens (tertiary/aromatic N) is 2. The molecule has 0 aromatic carbocycles. The molecule has 0 radical (unpaired) electrons. The molecule has 118 valence electrons. The Bertz CT molecular complexity index is 458. The summed E-state index contributed by atoms with van der Waals surface area (Å²) < 4.78 is 5.45. The number of aromatic nitrogens is 2. The molecule has 21 heavy (non-hydrogen) atoms. The molecule has 1 aromatic heterocycles. The second-order valence-corrected chi connectivity index (χ2v) is 6.27. The van der Waals surface area contributed by atoms with E-state index in [9.17, 15) is 4.79 Å². The Morgan fingerprint density at radius 3 is 2.76 bits per heavy atom. The van der Waals surface area contributed by atoms with Gasteiger partial charge in [0.25, 0.3) is 0 Å². The summed E-state index contributed by atoms with van der Waals surface area (Å²) in [5.74, 6) is 0.0634. The van der Waals surface area contributed by atoms with Gasteiger partial charge < -0.3 is 15.2 Å². The first kappa shape index (κ1) is 17.2. The molecule has 2 N–H and O–H groups in total. The van der Waals surface area contributed by atoms with Crippen LogP contribution in [-0.4, -0.2) is 33.7 Å². The van der Waals surface area contributed by atoms with E-state index in [2.05, 4.69) is 36.1 Å². The predicted octanol–water partition coefficient (Wildman–Crippen LogP) is 2.96. The fourth-order valence-electron chi connectivity index (χ4n) is 2.01. The monoisotopic (exact) mass is 295 g/mol. The van der Waals surface area contributed by atoms with Gasteiger partial charge in [0, 0.05) is 18.3 Å². The number of nitrogens with one attached hydrogen (secondary N) is 1. The number of ether oxygens (including phenoxy) is 1. The molecule has 0 aliphatic carbocycles. The second-order valence-electron chi connectivity index (χ2n) is 6.27.